The molecular weight excluding hydrogens is 674 g/mol. The summed E-state index contributed by atoms with van der Waals surface area (Å²) in [5.41, 5.74) is 6.93. The predicted octanol–water partition coefficient (Wildman–Crippen LogP) is 3.58. The van der Waals surface area contributed by atoms with Gasteiger partial charge in [0.1, 0.15) is 6.10 Å². The SMILES string of the molecule is COc1cc(CNC2=C3C[C@@H](C)C[C@H](OC)[C@H](O)[C@@H](C)/C=C(\C)[C@H](OC(N)=O)[C@@H](OC)/C=C\C=C(/C)C(=O)NC(=CC2=O)C3=O)cc(OC)c1OC. The molecule has 0 saturated heterocycles. The number of carbonyl (C=O) groups excluding carboxylic acids is 4. The smallest absolute Gasteiger partial charge is 0.405 e. The summed E-state index contributed by atoms with van der Waals surface area (Å²) in [6.07, 6.45) is 3.44. The predicted molar refractivity (Wildman–Crippen MR) is 192 cm³/mol. The average Bonchev–Trinajstić information content (AvgIpc) is 3.11. The Morgan fingerprint density at radius 2 is 1.65 bits per heavy atom. The topological polar surface area (TPSA) is 194 Å². The van der Waals surface area contributed by atoms with Gasteiger partial charge >= 0.3 is 6.09 Å². The van der Waals surface area contributed by atoms with Crippen molar-refractivity contribution in [1.29, 1.82) is 0 Å². The number of amides is 2. The van der Waals surface area contributed by atoms with E-state index in [9.17, 15) is 24.3 Å². The maximum atomic E-state index is 14.0. The number of carbonyl (C=O) groups is 4. The van der Waals surface area contributed by atoms with E-state index < -0.39 is 53.9 Å². The van der Waals surface area contributed by atoms with Gasteiger partial charge in [0.05, 0.1) is 44.9 Å². The number of ether oxygens (including phenoxy) is 6. The quantitative estimate of drug-likeness (QED) is 0.214. The summed E-state index contributed by atoms with van der Waals surface area (Å²) in [6.45, 7) is 7.07. The molecule has 1 aromatic carbocycles. The fourth-order valence-electron chi connectivity index (χ4n) is 6.21. The third-order valence-corrected chi connectivity index (χ3v) is 8.99. The van der Waals surface area contributed by atoms with Crippen molar-refractivity contribution in [3.63, 3.8) is 0 Å². The molecule has 1 aromatic rings. The summed E-state index contributed by atoms with van der Waals surface area (Å²) in [4.78, 5) is 52.8. The molecule has 5 N–H and O–H groups in total. The highest BCUT2D eigenvalue weighted by Crippen LogP contribution is 2.38. The number of aliphatic hydroxyl groups excluding tert-OH is 1. The Morgan fingerprint density at radius 1 is 1.00 bits per heavy atom. The maximum absolute atomic E-state index is 14.0. The van der Waals surface area contributed by atoms with Crippen LogP contribution in [0.4, 0.5) is 4.79 Å². The molecular formula is C38H51N3O11. The van der Waals surface area contributed by atoms with Crippen LogP contribution in [-0.4, -0.2) is 88.6 Å². The number of methoxy groups -OCH3 is 5. The van der Waals surface area contributed by atoms with Crippen LogP contribution in [0, 0.1) is 11.8 Å². The summed E-state index contributed by atoms with van der Waals surface area (Å²) < 4.78 is 33.1. The van der Waals surface area contributed by atoms with Crippen LogP contribution in [0.2, 0.25) is 0 Å². The maximum Gasteiger partial charge on any atom is 0.405 e. The summed E-state index contributed by atoms with van der Waals surface area (Å²) >= 11 is 0. The number of hydrogen-bond donors (Lipinski definition) is 4. The highest BCUT2D eigenvalue weighted by Gasteiger charge is 2.33. The van der Waals surface area contributed by atoms with Crippen LogP contribution in [0.5, 0.6) is 17.2 Å². The molecule has 2 aliphatic rings. The first-order valence-electron chi connectivity index (χ1n) is 16.8. The zero-order chi connectivity index (χ0) is 38.7. The van der Waals surface area contributed by atoms with E-state index in [0.29, 0.717) is 34.8 Å². The number of ketones is 2. The molecule has 2 bridgehead atoms. The number of Topliss-reactive ketones (excluding diaryl/α,β-unsaturated/α-hetero) is 1. The molecule has 52 heavy (non-hydrogen) atoms. The Morgan fingerprint density at radius 3 is 2.21 bits per heavy atom. The third-order valence-electron chi connectivity index (χ3n) is 8.99. The summed E-state index contributed by atoms with van der Waals surface area (Å²) in [5.74, 6) is -1.16. The van der Waals surface area contributed by atoms with Gasteiger partial charge in [0, 0.05) is 43.9 Å². The van der Waals surface area contributed by atoms with Crippen LogP contribution < -0.4 is 30.6 Å². The Labute approximate surface area is 304 Å². The van der Waals surface area contributed by atoms with Crippen LogP contribution >= 0.6 is 0 Å². The average molecular weight is 726 g/mol. The van der Waals surface area contributed by atoms with Crippen molar-refractivity contribution >= 4 is 23.6 Å². The highest BCUT2D eigenvalue weighted by atomic mass is 16.6. The number of nitrogens with two attached hydrogens (primary N) is 1. The molecule has 2 amide bonds. The van der Waals surface area contributed by atoms with Gasteiger partial charge in [0.15, 0.2) is 17.6 Å². The number of nitrogens with one attached hydrogen (secondary N) is 2. The van der Waals surface area contributed by atoms with Crippen LogP contribution in [0.3, 0.4) is 0 Å². The number of aliphatic hydroxyl groups is 1. The normalized spacial score (nSPS) is 27.7. The van der Waals surface area contributed by atoms with Gasteiger partial charge in [-0.05, 0) is 55.9 Å². The zero-order valence-electron chi connectivity index (χ0n) is 31.2. The molecule has 6 atom stereocenters. The fourth-order valence-corrected chi connectivity index (χ4v) is 6.21. The molecule has 14 nitrogen and oxygen atoms in total. The molecule has 1 heterocycles. The first-order valence-corrected chi connectivity index (χ1v) is 16.8. The Hall–Kier alpha value is -4.92. The van der Waals surface area contributed by atoms with Gasteiger partial charge in [-0.25, -0.2) is 4.79 Å². The van der Waals surface area contributed by atoms with E-state index in [1.165, 1.54) is 41.6 Å². The summed E-state index contributed by atoms with van der Waals surface area (Å²) in [7, 11) is 7.39. The van der Waals surface area contributed by atoms with Crippen LogP contribution in [0.1, 0.15) is 46.1 Å². The van der Waals surface area contributed by atoms with Gasteiger partial charge in [-0.1, -0.05) is 38.2 Å². The van der Waals surface area contributed by atoms with E-state index in [-0.39, 0.29) is 41.4 Å². The number of rotatable bonds is 9. The van der Waals surface area contributed by atoms with Gasteiger partial charge in [-0.3, -0.25) is 14.4 Å². The second kappa shape index (κ2) is 19.1. The molecule has 0 unspecified atom stereocenters. The lowest BCUT2D eigenvalue weighted by Gasteiger charge is -2.30. The van der Waals surface area contributed by atoms with Crippen LogP contribution in [0.25, 0.3) is 0 Å². The number of hydrogen-bond acceptors (Lipinski definition) is 12. The monoisotopic (exact) mass is 725 g/mol. The minimum absolute atomic E-state index is 0.0808. The second-order valence-electron chi connectivity index (χ2n) is 12.8. The Kier molecular flexibility index (Phi) is 15.2. The minimum Gasteiger partial charge on any atom is -0.493 e. The number of primary amides is 1. The van der Waals surface area contributed by atoms with Crippen molar-refractivity contribution in [2.45, 2.75) is 71.5 Å². The molecule has 0 aromatic heterocycles. The standard InChI is InChI=1S/C38H51N3O11/c1-20-13-25-32(40-19-24-16-30(49-7)36(51-9)31(17-24)50-8)27(42)18-26(34(25)44)41-37(45)21(2)11-10-12-28(47-5)35(52-38(39)46)23(4)15-22(3)33(43)29(14-20)48-6/h10-12,15-18,20,22,28-29,33,35,40,43H,13-14,19H2,1-9H3,(H2,39,46)(H,41,45)/b12-10-,21-11+,23-15+/t20-,22+,28+,29+,33-,35+/m1/s1. The van der Waals surface area contributed by atoms with Crippen LogP contribution in [-0.2, 0) is 35.1 Å². The molecule has 1 aliphatic heterocycles. The van der Waals surface area contributed by atoms with E-state index in [1.807, 2.05) is 6.92 Å². The lowest BCUT2D eigenvalue weighted by Crippen LogP contribution is -2.37. The molecule has 1 aliphatic carbocycles. The van der Waals surface area contributed by atoms with E-state index in [1.54, 1.807) is 51.1 Å². The van der Waals surface area contributed by atoms with Crippen molar-refractivity contribution in [3.8, 4) is 17.2 Å². The molecule has 0 fully saturated rings. The van der Waals surface area contributed by atoms with Crippen molar-refractivity contribution < 1.29 is 52.7 Å². The Balaban J connectivity index is 2.09. The van der Waals surface area contributed by atoms with Gasteiger partial charge in [0.2, 0.25) is 17.3 Å². The first kappa shape index (κ1) is 41.5. The highest BCUT2D eigenvalue weighted by molar-refractivity contribution is 6.23. The first-order chi connectivity index (χ1) is 24.7. The lowest BCUT2D eigenvalue weighted by atomic mass is 9.85. The third kappa shape index (κ3) is 10.3. The second-order valence-corrected chi connectivity index (χ2v) is 12.8. The van der Waals surface area contributed by atoms with Crippen molar-refractivity contribution in [3.05, 3.63) is 76.2 Å². The summed E-state index contributed by atoms with van der Waals surface area (Å²) in [6, 6.07) is 3.46. The fraction of sp³-hybridized carbons (Fsp3) is 0.474. The number of allylic oxidation sites excluding steroid dienone is 4. The van der Waals surface area contributed by atoms with Gasteiger partial charge in [-0.2, -0.15) is 0 Å². The largest absolute Gasteiger partial charge is 0.493 e. The van der Waals surface area contributed by atoms with Gasteiger partial charge in [0.25, 0.3) is 5.91 Å². The summed E-state index contributed by atoms with van der Waals surface area (Å²) in [5, 5.41) is 17.2. The lowest BCUT2D eigenvalue weighted by molar-refractivity contribution is -0.120. The van der Waals surface area contributed by atoms with Crippen molar-refractivity contribution in [2.24, 2.45) is 17.6 Å². The molecule has 0 radical (unpaired) electrons. The van der Waals surface area contributed by atoms with E-state index in [4.69, 9.17) is 34.2 Å². The molecule has 0 saturated carbocycles. The zero-order valence-corrected chi connectivity index (χ0v) is 31.2. The van der Waals surface area contributed by atoms with Gasteiger partial charge in [-0.15, -0.1) is 0 Å². The molecule has 0 spiro atoms. The van der Waals surface area contributed by atoms with Crippen molar-refractivity contribution in [2.75, 3.05) is 35.5 Å². The molecule has 284 valence electrons. The van der Waals surface area contributed by atoms with Crippen LogP contribution in [0.15, 0.2) is 70.6 Å². The van der Waals surface area contributed by atoms with Crippen molar-refractivity contribution in [1.82, 2.24) is 10.6 Å². The minimum atomic E-state index is -1.01. The van der Waals surface area contributed by atoms with E-state index >= 15 is 0 Å². The van der Waals surface area contributed by atoms with E-state index in [0.717, 1.165) is 6.08 Å². The number of fused-ring (bicyclic) bond motifs is 2. The number of benzene rings is 1. The van der Waals surface area contributed by atoms with E-state index in [2.05, 4.69) is 10.6 Å². The van der Waals surface area contributed by atoms with Gasteiger partial charge < -0.3 is 49.9 Å². The Bertz CT molecular complexity index is 1630. The molecule has 3 rings (SSSR count). The molecule has 14 heteroatoms.